The monoisotopic (exact) mass is 326 g/mol. The third-order valence-corrected chi connectivity index (χ3v) is 4.05. The molecule has 0 spiro atoms. The number of hydrogen-bond donors (Lipinski definition) is 0. The Labute approximate surface area is 131 Å². The molecular formula is C13H18N4O4S. The van der Waals surface area contributed by atoms with Gasteiger partial charge >= 0.3 is 5.69 Å². The number of rotatable bonds is 6. The van der Waals surface area contributed by atoms with Crippen LogP contribution in [0.4, 0.5) is 0 Å². The van der Waals surface area contributed by atoms with Crippen molar-refractivity contribution in [3.05, 3.63) is 26.7 Å². The number of nitrogens with zero attached hydrogens (tertiary/aromatic N) is 4. The van der Waals surface area contributed by atoms with Gasteiger partial charge in [0.2, 0.25) is 0 Å². The average molecular weight is 326 g/mol. The molecule has 2 rings (SSSR count). The van der Waals surface area contributed by atoms with Gasteiger partial charge in [-0.15, -0.1) is 11.8 Å². The van der Waals surface area contributed by atoms with Crippen molar-refractivity contribution in [2.75, 3.05) is 26.6 Å². The molecule has 2 heterocycles. The fourth-order valence-corrected chi connectivity index (χ4v) is 2.93. The summed E-state index contributed by atoms with van der Waals surface area (Å²) >= 11 is 1.39. The lowest BCUT2D eigenvalue weighted by Gasteiger charge is -2.11. The first kappa shape index (κ1) is 16.7. The lowest BCUT2D eigenvalue weighted by Crippen LogP contribution is -2.37. The number of thioether (sulfide) groups is 1. The summed E-state index contributed by atoms with van der Waals surface area (Å²) in [5.74, 6) is 1.07. The normalized spacial score (nSPS) is 11.3. The fraction of sp³-hybridized carbons (Fsp3) is 0.538. The van der Waals surface area contributed by atoms with Crippen molar-refractivity contribution in [3.8, 4) is 0 Å². The van der Waals surface area contributed by atoms with Crippen LogP contribution in [0.3, 0.4) is 0 Å². The molecule has 0 aromatic carbocycles. The first-order valence-corrected chi connectivity index (χ1v) is 7.57. The Bertz CT molecular complexity index is 799. The largest absolute Gasteiger partial charge is 0.384 e. The van der Waals surface area contributed by atoms with E-state index in [1.165, 1.54) is 30.5 Å². The highest BCUT2D eigenvalue weighted by Crippen LogP contribution is 2.22. The van der Waals surface area contributed by atoms with Crippen LogP contribution in [0.1, 0.15) is 5.82 Å². The number of aryl methyl sites for hydroxylation is 1. The second-order valence-corrected chi connectivity index (χ2v) is 5.71. The van der Waals surface area contributed by atoms with Gasteiger partial charge in [0.15, 0.2) is 11.5 Å². The molecule has 0 bridgehead atoms. The Balaban J connectivity index is 2.73. The van der Waals surface area contributed by atoms with E-state index < -0.39 is 11.2 Å². The summed E-state index contributed by atoms with van der Waals surface area (Å²) in [7, 11) is 6.17. The maximum Gasteiger partial charge on any atom is 0.332 e. The van der Waals surface area contributed by atoms with Crippen molar-refractivity contribution >= 4 is 22.8 Å². The number of methoxy groups -OCH3 is 2. The summed E-state index contributed by atoms with van der Waals surface area (Å²) in [5, 5.41) is 0.871. The second kappa shape index (κ2) is 7.03. The highest BCUT2D eigenvalue weighted by molar-refractivity contribution is 7.99. The molecule has 0 fully saturated rings. The van der Waals surface area contributed by atoms with Crippen LogP contribution in [0.5, 0.6) is 0 Å². The van der Waals surface area contributed by atoms with Crippen LogP contribution in [0.2, 0.25) is 0 Å². The second-order valence-electron chi connectivity index (χ2n) is 4.62. The Hall–Kier alpha value is -1.71. The zero-order valence-corrected chi connectivity index (χ0v) is 13.8. The Morgan fingerprint density at radius 3 is 2.45 bits per heavy atom. The van der Waals surface area contributed by atoms with E-state index in [9.17, 15) is 9.59 Å². The number of fused-ring (bicyclic) bond motifs is 1. The molecule has 0 atom stereocenters. The van der Waals surface area contributed by atoms with E-state index in [4.69, 9.17) is 9.47 Å². The van der Waals surface area contributed by atoms with Gasteiger partial charge in [0.25, 0.3) is 5.56 Å². The molecular weight excluding hydrogens is 308 g/mol. The third kappa shape index (κ3) is 3.06. The molecule has 0 saturated carbocycles. The van der Waals surface area contributed by atoms with E-state index in [2.05, 4.69) is 9.97 Å². The third-order valence-electron chi connectivity index (χ3n) is 3.11. The summed E-state index contributed by atoms with van der Waals surface area (Å²) in [6.45, 7) is 0.735. The van der Waals surface area contributed by atoms with Crippen LogP contribution < -0.4 is 11.2 Å². The summed E-state index contributed by atoms with van der Waals surface area (Å²) in [5.41, 5.74) is -0.510. The van der Waals surface area contributed by atoms with Gasteiger partial charge in [-0.05, 0) is 0 Å². The zero-order valence-electron chi connectivity index (χ0n) is 13.0. The minimum atomic E-state index is -0.424. The predicted octanol–water partition coefficient (Wildman–Crippen LogP) is -0.0879. The van der Waals surface area contributed by atoms with Crippen LogP contribution in [0.15, 0.2) is 14.6 Å². The van der Waals surface area contributed by atoms with Crippen LogP contribution in [0.25, 0.3) is 11.0 Å². The highest BCUT2D eigenvalue weighted by Gasteiger charge is 2.17. The van der Waals surface area contributed by atoms with E-state index >= 15 is 0 Å². The summed E-state index contributed by atoms with van der Waals surface area (Å²) in [4.78, 5) is 33.1. The molecule has 0 aliphatic rings. The zero-order chi connectivity index (χ0) is 16.3. The van der Waals surface area contributed by atoms with Gasteiger partial charge in [0.05, 0.1) is 6.61 Å². The molecule has 22 heavy (non-hydrogen) atoms. The van der Waals surface area contributed by atoms with E-state index in [1.54, 1.807) is 14.2 Å². The first-order chi connectivity index (χ1) is 10.5. The van der Waals surface area contributed by atoms with Crippen molar-refractivity contribution < 1.29 is 9.47 Å². The van der Waals surface area contributed by atoms with Crippen LogP contribution in [-0.2, 0) is 30.2 Å². The number of hydrogen-bond acceptors (Lipinski definition) is 7. The molecule has 120 valence electrons. The van der Waals surface area contributed by atoms with E-state index in [0.717, 1.165) is 4.57 Å². The Kier molecular flexibility index (Phi) is 5.33. The number of ether oxygens (including phenoxy) is 2. The molecule has 0 radical (unpaired) electrons. The Morgan fingerprint density at radius 1 is 1.09 bits per heavy atom. The van der Waals surface area contributed by atoms with E-state index in [-0.39, 0.29) is 6.61 Å². The SMILES string of the molecule is COCCSc1nc(COC)nc2c1c(=O)n(C)c(=O)n2C. The fourth-order valence-electron chi connectivity index (χ4n) is 1.99. The van der Waals surface area contributed by atoms with Gasteiger partial charge < -0.3 is 9.47 Å². The van der Waals surface area contributed by atoms with Gasteiger partial charge in [-0.2, -0.15) is 0 Å². The van der Waals surface area contributed by atoms with E-state index in [1.807, 2.05) is 0 Å². The molecule has 2 aromatic rings. The number of aromatic nitrogens is 4. The summed E-state index contributed by atoms with van der Waals surface area (Å²) < 4.78 is 12.5. The maximum absolute atomic E-state index is 12.4. The molecule has 8 nitrogen and oxygen atoms in total. The quantitative estimate of drug-likeness (QED) is 0.416. The lowest BCUT2D eigenvalue weighted by molar-refractivity contribution is 0.177. The maximum atomic E-state index is 12.4. The van der Waals surface area contributed by atoms with Crippen molar-refractivity contribution in [2.24, 2.45) is 14.1 Å². The molecule has 0 aliphatic carbocycles. The van der Waals surface area contributed by atoms with E-state index in [0.29, 0.717) is 34.2 Å². The van der Waals surface area contributed by atoms with Crippen LogP contribution in [-0.4, -0.2) is 45.7 Å². The molecule has 0 N–H and O–H groups in total. The summed E-state index contributed by atoms with van der Waals surface area (Å²) in [6, 6.07) is 0. The minimum Gasteiger partial charge on any atom is -0.384 e. The van der Waals surface area contributed by atoms with Crippen molar-refractivity contribution in [3.63, 3.8) is 0 Å². The molecule has 0 amide bonds. The first-order valence-electron chi connectivity index (χ1n) is 6.58. The average Bonchev–Trinajstić information content (AvgIpc) is 2.51. The standard InChI is InChI=1S/C13H18N4O4S/c1-16-10-9(12(18)17(2)13(16)19)11(22-6-5-20-3)15-8(14-10)7-21-4/h5-7H2,1-4H3. The van der Waals surface area contributed by atoms with Crippen LogP contribution in [0, 0.1) is 0 Å². The molecule has 2 aromatic heterocycles. The Morgan fingerprint density at radius 2 is 1.82 bits per heavy atom. The van der Waals surface area contributed by atoms with Crippen molar-refractivity contribution in [2.45, 2.75) is 11.6 Å². The van der Waals surface area contributed by atoms with Gasteiger partial charge in [-0.3, -0.25) is 13.9 Å². The van der Waals surface area contributed by atoms with Crippen LogP contribution >= 0.6 is 11.8 Å². The van der Waals surface area contributed by atoms with Gasteiger partial charge in [0, 0.05) is 34.1 Å². The van der Waals surface area contributed by atoms with Gasteiger partial charge in [-0.25, -0.2) is 14.8 Å². The predicted molar refractivity (Wildman–Crippen MR) is 83.3 cm³/mol. The molecule has 0 aliphatic heterocycles. The van der Waals surface area contributed by atoms with Gasteiger partial charge in [-0.1, -0.05) is 0 Å². The lowest BCUT2D eigenvalue weighted by atomic mass is 10.4. The molecule has 0 unspecified atom stereocenters. The summed E-state index contributed by atoms with van der Waals surface area (Å²) in [6.07, 6.45) is 0. The highest BCUT2D eigenvalue weighted by atomic mass is 32.2. The molecule has 9 heteroatoms. The minimum absolute atomic E-state index is 0.206. The van der Waals surface area contributed by atoms with Crippen molar-refractivity contribution in [1.82, 2.24) is 19.1 Å². The topological polar surface area (TPSA) is 88.2 Å². The smallest absolute Gasteiger partial charge is 0.332 e. The van der Waals surface area contributed by atoms with Gasteiger partial charge in [0.1, 0.15) is 17.0 Å². The molecule has 0 saturated heterocycles. The van der Waals surface area contributed by atoms with Crippen molar-refractivity contribution in [1.29, 1.82) is 0 Å².